The Hall–Kier alpha value is -2.30. The lowest BCUT2D eigenvalue weighted by molar-refractivity contribution is 0.0985. The number of anilines is 2. The number of hydrogen-bond acceptors (Lipinski definition) is 3. The molecule has 2 N–H and O–H groups in total. The average Bonchev–Trinajstić information content (AvgIpc) is 2.92. The Labute approximate surface area is 105 Å². The normalized spacial score (nSPS) is 13.7. The van der Waals surface area contributed by atoms with E-state index in [0.717, 1.165) is 12.1 Å². The summed E-state index contributed by atoms with van der Waals surface area (Å²) in [7, 11) is 1.76. The minimum atomic E-state index is -0.127. The predicted octanol–water partition coefficient (Wildman–Crippen LogP) is 1.21. The van der Waals surface area contributed by atoms with Crippen molar-refractivity contribution in [1.82, 2.24) is 9.78 Å². The van der Waals surface area contributed by atoms with E-state index in [-0.39, 0.29) is 5.91 Å². The third kappa shape index (κ3) is 1.55. The van der Waals surface area contributed by atoms with Gasteiger partial charge in [0.15, 0.2) is 5.69 Å². The van der Waals surface area contributed by atoms with Gasteiger partial charge < -0.3 is 10.6 Å². The summed E-state index contributed by atoms with van der Waals surface area (Å²) in [6, 6.07) is 7.93. The van der Waals surface area contributed by atoms with E-state index in [2.05, 4.69) is 5.10 Å². The van der Waals surface area contributed by atoms with Gasteiger partial charge in [-0.3, -0.25) is 9.48 Å². The summed E-state index contributed by atoms with van der Waals surface area (Å²) in [5.74, 6) is -0.127. The Morgan fingerprint density at radius 1 is 1.39 bits per heavy atom. The minimum absolute atomic E-state index is 0.127. The number of carbonyl (C=O) groups is 1. The first-order valence-electron chi connectivity index (χ1n) is 5.85. The predicted molar refractivity (Wildman–Crippen MR) is 69.4 cm³/mol. The first-order valence-corrected chi connectivity index (χ1v) is 5.85. The summed E-state index contributed by atoms with van der Waals surface area (Å²) >= 11 is 0. The van der Waals surface area contributed by atoms with Crippen LogP contribution in [0.4, 0.5) is 11.4 Å². The monoisotopic (exact) mass is 242 g/mol. The maximum atomic E-state index is 12.4. The van der Waals surface area contributed by atoms with Gasteiger partial charge in [-0.1, -0.05) is 18.2 Å². The Kier molecular flexibility index (Phi) is 2.33. The van der Waals surface area contributed by atoms with Gasteiger partial charge in [0.05, 0.1) is 5.69 Å². The van der Waals surface area contributed by atoms with Crippen molar-refractivity contribution < 1.29 is 4.79 Å². The van der Waals surface area contributed by atoms with Crippen LogP contribution >= 0.6 is 0 Å². The van der Waals surface area contributed by atoms with E-state index in [1.165, 1.54) is 5.56 Å². The first-order chi connectivity index (χ1) is 8.66. The molecule has 0 fully saturated rings. The van der Waals surface area contributed by atoms with Crippen LogP contribution in [0.5, 0.6) is 0 Å². The zero-order chi connectivity index (χ0) is 12.7. The molecule has 5 nitrogen and oxygen atoms in total. The number of nitrogen functional groups attached to an aromatic ring is 1. The SMILES string of the molecule is Cn1cc(N)c(C(=O)N2CCc3ccccc32)n1. The van der Waals surface area contributed by atoms with E-state index in [4.69, 9.17) is 5.73 Å². The van der Waals surface area contributed by atoms with Gasteiger partial charge in [-0.15, -0.1) is 0 Å². The van der Waals surface area contributed by atoms with Gasteiger partial charge in [0.2, 0.25) is 0 Å². The van der Waals surface area contributed by atoms with Crippen molar-refractivity contribution in [3.63, 3.8) is 0 Å². The van der Waals surface area contributed by atoms with Crippen molar-refractivity contribution in [1.29, 1.82) is 0 Å². The Morgan fingerprint density at radius 3 is 2.89 bits per heavy atom. The Bertz CT molecular complexity index is 617. The Morgan fingerprint density at radius 2 is 2.17 bits per heavy atom. The number of para-hydroxylation sites is 1. The lowest BCUT2D eigenvalue weighted by Gasteiger charge is -2.16. The largest absolute Gasteiger partial charge is 0.396 e. The van der Waals surface area contributed by atoms with E-state index in [1.54, 1.807) is 22.8 Å². The van der Waals surface area contributed by atoms with E-state index in [0.29, 0.717) is 17.9 Å². The van der Waals surface area contributed by atoms with Crippen LogP contribution in [0.3, 0.4) is 0 Å². The fraction of sp³-hybridized carbons (Fsp3) is 0.231. The second kappa shape index (κ2) is 3.87. The van der Waals surface area contributed by atoms with Crippen LogP contribution in [0, 0.1) is 0 Å². The number of hydrogen-bond donors (Lipinski definition) is 1. The maximum Gasteiger partial charge on any atom is 0.280 e. The van der Waals surface area contributed by atoms with Gasteiger partial charge in [0, 0.05) is 25.5 Å². The highest BCUT2D eigenvalue weighted by Crippen LogP contribution is 2.29. The molecule has 2 heterocycles. The zero-order valence-electron chi connectivity index (χ0n) is 10.1. The van der Waals surface area contributed by atoms with Gasteiger partial charge in [0.25, 0.3) is 5.91 Å². The lowest BCUT2D eigenvalue weighted by atomic mass is 10.2. The summed E-state index contributed by atoms with van der Waals surface area (Å²) in [6.45, 7) is 0.689. The number of carbonyl (C=O) groups excluding carboxylic acids is 1. The van der Waals surface area contributed by atoms with E-state index < -0.39 is 0 Å². The molecule has 0 spiro atoms. The summed E-state index contributed by atoms with van der Waals surface area (Å²) < 4.78 is 1.56. The van der Waals surface area contributed by atoms with Crippen LogP contribution in [-0.2, 0) is 13.5 Å². The molecule has 0 radical (unpaired) electrons. The minimum Gasteiger partial charge on any atom is -0.396 e. The maximum absolute atomic E-state index is 12.4. The molecular formula is C13H14N4O. The molecule has 92 valence electrons. The second-order valence-electron chi connectivity index (χ2n) is 4.44. The summed E-state index contributed by atoms with van der Waals surface area (Å²) in [4.78, 5) is 14.2. The summed E-state index contributed by atoms with van der Waals surface area (Å²) in [5.41, 5.74) is 8.71. The van der Waals surface area contributed by atoms with Crippen LogP contribution < -0.4 is 10.6 Å². The van der Waals surface area contributed by atoms with Crippen LogP contribution in [0.15, 0.2) is 30.5 Å². The smallest absolute Gasteiger partial charge is 0.280 e. The third-order valence-electron chi connectivity index (χ3n) is 3.19. The third-order valence-corrected chi connectivity index (χ3v) is 3.19. The van der Waals surface area contributed by atoms with E-state index in [1.807, 2.05) is 24.3 Å². The molecule has 18 heavy (non-hydrogen) atoms. The van der Waals surface area contributed by atoms with Gasteiger partial charge in [-0.2, -0.15) is 5.10 Å². The number of rotatable bonds is 1. The second-order valence-corrected chi connectivity index (χ2v) is 4.44. The molecule has 1 aliphatic rings. The van der Waals surface area contributed by atoms with Crippen molar-refractivity contribution in [3.8, 4) is 0 Å². The number of aryl methyl sites for hydroxylation is 1. The molecule has 0 saturated carbocycles. The molecule has 1 aromatic carbocycles. The summed E-state index contributed by atoms with van der Waals surface area (Å²) in [6.07, 6.45) is 2.53. The van der Waals surface area contributed by atoms with Gasteiger partial charge in [0.1, 0.15) is 0 Å². The van der Waals surface area contributed by atoms with Crippen LogP contribution in [0.25, 0.3) is 0 Å². The molecule has 0 bridgehead atoms. The Balaban J connectivity index is 1.98. The highest BCUT2D eigenvalue weighted by atomic mass is 16.2. The average molecular weight is 242 g/mol. The molecule has 1 aromatic heterocycles. The van der Waals surface area contributed by atoms with Gasteiger partial charge in [-0.25, -0.2) is 0 Å². The molecule has 0 atom stereocenters. The van der Waals surface area contributed by atoms with E-state index in [9.17, 15) is 4.79 Å². The molecule has 0 aliphatic carbocycles. The van der Waals surface area contributed by atoms with Crippen molar-refractivity contribution in [2.45, 2.75) is 6.42 Å². The van der Waals surface area contributed by atoms with Gasteiger partial charge >= 0.3 is 0 Å². The molecule has 1 amide bonds. The molecule has 5 heteroatoms. The highest BCUT2D eigenvalue weighted by Gasteiger charge is 2.27. The topological polar surface area (TPSA) is 64.2 Å². The highest BCUT2D eigenvalue weighted by molar-refractivity contribution is 6.08. The molecule has 0 unspecified atom stereocenters. The van der Waals surface area contributed by atoms with Crippen LogP contribution in [0.1, 0.15) is 16.1 Å². The van der Waals surface area contributed by atoms with E-state index >= 15 is 0 Å². The van der Waals surface area contributed by atoms with Crippen molar-refractivity contribution >= 4 is 17.3 Å². The quantitative estimate of drug-likeness (QED) is 0.817. The van der Waals surface area contributed by atoms with Crippen molar-refractivity contribution in [2.24, 2.45) is 7.05 Å². The standard InChI is InChI=1S/C13H14N4O/c1-16-8-10(14)12(15-16)13(18)17-7-6-9-4-2-3-5-11(9)17/h2-5,8H,6-7,14H2,1H3. The number of amides is 1. The fourth-order valence-corrected chi connectivity index (χ4v) is 2.35. The molecule has 1 aliphatic heterocycles. The van der Waals surface area contributed by atoms with Crippen LogP contribution in [-0.4, -0.2) is 22.2 Å². The number of fused-ring (bicyclic) bond motifs is 1. The molecule has 0 saturated heterocycles. The van der Waals surface area contributed by atoms with Gasteiger partial charge in [-0.05, 0) is 18.1 Å². The molecular weight excluding hydrogens is 228 g/mol. The molecule has 3 rings (SSSR count). The molecule has 2 aromatic rings. The zero-order valence-corrected chi connectivity index (χ0v) is 10.1. The van der Waals surface area contributed by atoms with Crippen LogP contribution in [0.2, 0.25) is 0 Å². The van der Waals surface area contributed by atoms with Crippen molar-refractivity contribution in [3.05, 3.63) is 41.7 Å². The number of aromatic nitrogens is 2. The number of benzene rings is 1. The fourth-order valence-electron chi connectivity index (χ4n) is 2.35. The summed E-state index contributed by atoms with van der Waals surface area (Å²) in [5, 5.41) is 4.13. The lowest BCUT2D eigenvalue weighted by Crippen LogP contribution is -2.29. The van der Waals surface area contributed by atoms with Crippen molar-refractivity contribution in [2.75, 3.05) is 17.2 Å². The number of nitrogens with two attached hydrogens (primary N) is 1. The first kappa shape index (κ1) is 10.8. The number of nitrogens with zero attached hydrogens (tertiary/aromatic N) is 3.